The molecule has 0 unspecified atom stereocenters. The van der Waals surface area contributed by atoms with Crippen LogP contribution in [-0.4, -0.2) is 66.2 Å². The highest BCUT2D eigenvalue weighted by molar-refractivity contribution is 5.91. The average molecular weight is 434 g/mol. The molecule has 0 saturated carbocycles. The van der Waals surface area contributed by atoms with Crippen molar-refractivity contribution in [3.05, 3.63) is 66.1 Å². The van der Waals surface area contributed by atoms with Crippen LogP contribution in [0.5, 0.6) is 11.5 Å². The first-order valence-electron chi connectivity index (χ1n) is 10.4. The zero-order chi connectivity index (χ0) is 22.3. The van der Waals surface area contributed by atoms with Gasteiger partial charge in [0.15, 0.2) is 0 Å². The van der Waals surface area contributed by atoms with E-state index < -0.39 is 0 Å². The Kier molecular flexibility index (Phi) is 6.81. The van der Waals surface area contributed by atoms with Crippen LogP contribution in [0.25, 0.3) is 17.5 Å². The van der Waals surface area contributed by atoms with E-state index in [2.05, 4.69) is 15.0 Å². The average Bonchev–Trinajstić information content (AvgIpc) is 3.31. The highest BCUT2D eigenvalue weighted by Crippen LogP contribution is 2.20. The molecule has 1 amide bonds. The summed E-state index contributed by atoms with van der Waals surface area (Å²) >= 11 is 0. The molecule has 1 aliphatic heterocycles. The van der Waals surface area contributed by atoms with Gasteiger partial charge in [-0.25, -0.2) is 0 Å². The summed E-state index contributed by atoms with van der Waals surface area (Å²) in [6.07, 6.45) is 3.43. The number of aromatic nitrogens is 2. The lowest BCUT2D eigenvalue weighted by Crippen LogP contribution is -2.47. The van der Waals surface area contributed by atoms with E-state index in [1.165, 1.54) is 0 Å². The first kappa shape index (κ1) is 21.6. The Morgan fingerprint density at radius 2 is 1.78 bits per heavy atom. The SMILES string of the molecule is COc1ccc(-c2noc(CN3CCN(C(=O)C=Cc4cccc(OC)c4)CC3)n2)cc1. The molecule has 0 N–H and O–H groups in total. The van der Waals surface area contributed by atoms with Crippen molar-refractivity contribution in [1.82, 2.24) is 19.9 Å². The third-order valence-electron chi connectivity index (χ3n) is 5.37. The van der Waals surface area contributed by atoms with Gasteiger partial charge in [0, 0.05) is 37.8 Å². The number of amides is 1. The maximum absolute atomic E-state index is 12.5. The third kappa shape index (κ3) is 5.33. The molecule has 8 heteroatoms. The van der Waals surface area contributed by atoms with E-state index >= 15 is 0 Å². The van der Waals surface area contributed by atoms with Crippen LogP contribution in [0.3, 0.4) is 0 Å². The molecular formula is C24H26N4O4. The van der Waals surface area contributed by atoms with Crippen molar-refractivity contribution in [2.75, 3.05) is 40.4 Å². The molecular weight excluding hydrogens is 408 g/mol. The fraction of sp³-hybridized carbons (Fsp3) is 0.292. The van der Waals surface area contributed by atoms with Gasteiger partial charge in [0.2, 0.25) is 17.6 Å². The lowest BCUT2D eigenvalue weighted by molar-refractivity contribution is -0.127. The zero-order valence-electron chi connectivity index (χ0n) is 18.2. The maximum Gasteiger partial charge on any atom is 0.246 e. The third-order valence-corrected chi connectivity index (χ3v) is 5.37. The monoisotopic (exact) mass is 434 g/mol. The number of rotatable bonds is 7. The lowest BCUT2D eigenvalue weighted by atomic mass is 10.2. The summed E-state index contributed by atoms with van der Waals surface area (Å²) in [5.41, 5.74) is 1.81. The minimum Gasteiger partial charge on any atom is -0.497 e. The molecule has 1 aliphatic rings. The number of ether oxygens (including phenoxy) is 2. The second-order valence-corrected chi connectivity index (χ2v) is 7.45. The van der Waals surface area contributed by atoms with Crippen molar-refractivity contribution < 1.29 is 18.8 Å². The minimum atomic E-state index is 0.00653. The van der Waals surface area contributed by atoms with Crippen LogP contribution in [0, 0.1) is 0 Å². The van der Waals surface area contributed by atoms with Gasteiger partial charge in [-0.1, -0.05) is 17.3 Å². The van der Waals surface area contributed by atoms with E-state index in [9.17, 15) is 4.79 Å². The fourth-order valence-electron chi connectivity index (χ4n) is 3.51. The van der Waals surface area contributed by atoms with Crippen LogP contribution in [0.2, 0.25) is 0 Å². The van der Waals surface area contributed by atoms with Gasteiger partial charge in [0.25, 0.3) is 0 Å². The molecule has 3 aromatic rings. The molecule has 0 bridgehead atoms. The standard InChI is InChI=1S/C24H26N4O4/c1-30-20-9-7-19(8-10-20)24-25-22(32-26-24)17-27-12-14-28(15-13-27)23(29)11-6-18-4-3-5-21(16-18)31-2/h3-11,16H,12-15,17H2,1-2H3. The predicted molar refractivity (Wildman–Crippen MR) is 120 cm³/mol. The van der Waals surface area contributed by atoms with Crippen molar-refractivity contribution in [2.24, 2.45) is 0 Å². The van der Waals surface area contributed by atoms with Crippen molar-refractivity contribution in [3.8, 4) is 22.9 Å². The molecule has 4 rings (SSSR count). The largest absolute Gasteiger partial charge is 0.497 e. The second-order valence-electron chi connectivity index (χ2n) is 7.45. The van der Waals surface area contributed by atoms with Gasteiger partial charge in [-0.3, -0.25) is 9.69 Å². The molecule has 8 nitrogen and oxygen atoms in total. The maximum atomic E-state index is 12.5. The van der Waals surface area contributed by atoms with Gasteiger partial charge >= 0.3 is 0 Å². The van der Waals surface area contributed by atoms with Crippen molar-refractivity contribution in [2.45, 2.75) is 6.54 Å². The first-order chi connectivity index (χ1) is 15.6. The highest BCUT2D eigenvalue weighted by atomic mass is 16.5. The van der Waals surface area contributed by atoms with Crippen molar-refractivity contribution in [3.63, 3.8) is 0 Å². The van der Waals surface area contributed by atoms with Crippen molar-refractivity contribution in [1.29, 1.82) is 0 Å². The second kappa shape index (κ2) is 10.1. The van der Waals surface area contributed by atoms with Crippen LogP contribution in [0.4, 0.5) is 0 Å². The Hall–Kier alpha value is -3.65. The van der Waals surface area contributed by atoms with Gasteiger partial charge in [0.1, 0.15) is 11.5 Å². The Morgan fingerprint density at radius 3 is 2.50 bits per heavy atom. The summed E-state index contributed by atoms with van der Waals surface area (Å²) in [4.78, 5) is 21.1. The van der Waals surface area contributed by atoms with Crippen LogP contribution in [0.1, 0.15) is 11.5 Å². The molecule has 2 heterocycles. The summed E-state index contributed by atoms with van der Waals surface area (Å²) in [5, 5.41) is 4.08. The van der Waals surface area contributed by atoms with E-state index in [1.807, 2.05) is 59.5 Å². The molecule has 0 spiro atoms. The van der Waals surface area contributed by atoms with Gasteiger partial charge in [-0.2, -0.15) is 4.98 Å². The number of carbonyl (C=O) groups excluding carboxylic acids is 1. The summed E-state index contributed by atoms with van der Waals surface area (Å²) in [5.74, 6) is 2.67. The number of carbonyl (C=O) groups is 1. The van der Waals surface area contributed by atoms with E-state index in [0.717, 1.165) is 35.7 Å². The minimum absolute atomic E-state index is 0.00653. The molecule has 32 heavy (non-hydrogen) atoms. The van der Waals surface area contributed by atoms with Crippen molar-refractivity contribution >= 4 is 12.0 Å². The fourth-order valence-corrected chi connectivity index (χ4v) is 3.51. The molecule has 0 atom stereocenters. The van der Waals surface area contributed by atoms with E-state index in [1.54, 1.807) is 20.3 Å². The molecule has 1 aromatic heterocycles. The number of methoxy groups -OCH3 is 2. The Balaban J connectivity index is 1.28. The number of hydrogen-bond acceptors (Lipinski definition) is 7. The number of nitrogens with zero attached hydrogens (tertiary/aromatic N) is 4. The van der Waals surface area contributed by atoms with E-state index in [-0.39, 0.29) is 5.91 Å². The molecule has 0 aliphatic carbocycles. The van der Waals surface area contributed by atoms with Crippen LogP contribution in [-0.2, 0) is 11.3 Å². The molecule has 2 aromatic carbocycles. The lowest BCUT2D eigenvalue weighted by Gasteiger charge is -2.33. The molecule has 1 fully saturated rings. The zero-order valence-corrected chi connectivity index (χ0v) is 18.2. The summed E-state index contributed by atoms with van der Waals surface area (Å²) in [6, 6.07) is 15.1. The highest BCUT2D eigenvalue weighted by Gasteiger charge is 2.21. The Morgan fingerprint density at radius 1 is 1.03 bits per heavy atom. The Bertz CT molecular complexity index is 1070. The van der Waals surface area contributed by atoms with E-state index in [4.69, 9.17) is 14.0 Å². The van der Waals surface area contributed by atoms with Gasteiger partial charge < -0.3 is 18.9 Å². The van der Waals surface area contributed by atoms with E-state index in [0.29, 0.717) is 31.3 Å². The Labute approximate surface area is 187 Å². The number of benzene rings is 2. The predicted octanol–water partition coefficient (Wildman–Crippen LogP) is 3.11. The summed E-state index contributed by atoms with van der Waals surface area (Å²) in [6.45, 7) is 3.37. The molecule has 0 radical (unpaired) electrons. The van der Waals surface area contributed by atoms with Gasteiger partial charge in [0.05, 0.1) is 20.8 Å². The quantitative estimate of drug-likeness (QED) is 0.529. The topological polar surface area (TPSA) is 80.9 Å². The first-order valence-corrected chi connectivity index (χ1v) is 10.4. The molecule has 166 valence electrons. The summed E-state index contributed by atoms with van der Waals surface area (Å²) in [7, 11) is 3.26. The van der Waals surface area contributed by atoms with Crippen LogP contribution < -0.4 is 9.47 Å². The van der Waals surface area contributed by atoms with Gasteiger partial charge in [-0.05, 0) is 48.0 Å². The summed E-state index contributed by atoms with van der Waals surface area (Å²) < 4.78 is 15.8. The van der Waals surface area contributed by atoms with Crippen LogP contribution >= 0.6 is 0 Å². The number of hydrogen-bond donors (Lipinski definition) is 0. The van der Waals surface area contributed by atoms with Crippen LogP contribution in [0.15, 0.2) is 59.1 Å². The normalized spacial score (nSPS) is 14.6. The smallest absolute Gasteiger partial charge is 0.246 e. The van der Waals surface area contributed by atoms with Gasteiger partial charge in [-0.15, -0.1) is 0 Å². The number of piperazine rings is 1. The molecule has 1 saturated heterocycles.